The van der Waals surface area contributed by atoms with Gasteiger partial charge in [-0.2, -0.15) is 0 Å². The van der Waals surface area contributed by atoms with Crippen molar-refractivity contribution in [2.45, 2.75) is 13.2 Å². The zero-order chi connectivity index (χ0) is 9.72. The van der Waals surface area contributed by atoms with E-state index in [1.54, 1.807) is 0 Å². The summed E-state index contributed by atoms with van der Waals surface area (Å²) in [6, 6.07) is 0. The minimum absolute atomic E-state index is 0. The summed E-state index contributed by atoms with van der Waals surface area (Å²) < 4.78 is 0. The van der Waals surface area contributed by atoms with E-state index in [-0.39, 0.29) is 62.0 Å². The Labute approximate surface area is 129 Å². The van der Waals surface area contributed by atoms with E-state index in [1.165, 1.54) is 6.92 Å². The van der Waals surface area contributed by atoms with Crippen LogP contribution in [0.25, 0.3) is 0 Å². The van der Waals surface area contributed by atoms with Gasteiger partial charge in [-0.1, -0.05) is 0 Å². The number of carboxylic acid groups (broad SMARTS) is 2. The van der Waals surface area contributed by atoms with Gasteiger partial charge < -0.3 is 18.2 Å². The third-order valence-corrected chi connectivity index (χ3v) is 1.21. The monoisotopic (exact) mass is 225 g/mol. The molecule has 0 aromatic rings. The van der Waals surface area contributed by atoms with Gasteiger partial charge in [-0.15, -0.1) is 0 Å². The minimum atomic E-state index is -1.17. The van der Waals surface area contributed by atoms with E-state index in [4.69, 9.17) is 15.3 Å². The van der Waals surface area contributed by atoms with Crippen molar-refractivity contribution in [2.75, 3.05) is 13.1 Å². The first-order valence-electron chi connectivity index (χ1n) is 3.29. The van der Waals surface area contributed by atoms with Crippen LogP contribution < -0.4 is 59.1 Å². The van der Waals surface area contributed by atoms with E-state index in [1.807, 2.05) is 0 Å². The van der Waals surface area contributed by atoms with Crippen LogP contribution in [0.4, 0.5) is 0 Å². The summed E-state index contributed by atoms with van der Waals surface area (Å²) in [7, 11) is 0. The first-order chi connectivity index (χ1) is 5.43. The second-order valence-corrected chi connectivity index (χ2v) is 2.32. The minimum Gasteiger partial charge on any atom is -1.00 e. The molecule has 0 spiro atoms. The van der Waals surface area contributed by atoms with Gasteiger partial charge in [0, 0.05) is 0 Å². The Morgan fingerprint density at radius 2 is 1.50 bits per heavy atom. The molecular formula is C6H13NNa2O5. The molecule has 0 amide bonds. The Morgan fingerprint density at radius 1 is 1.21 bits per heavy atom. The maximum atomic E-state index is 10.1. The molecule has 0 heterocycles. The molecule has 0 fully saturated rings. The summed E-state index contributed by atoms with van der Waals surface area (Å²) in [6.45, 7) is 0.347. The van der Waals surface area contributed by atoms with E-state index < -0.39 is 31.3 Å². The van der Waals surface area contributed by atoms with Crippen LogP contribution in [0, 0.1) is 0 Å². The molecule has 0 radical (unpaired) electrons. The van der Waals surface area contributed by atoms with Crippen LogP contribution in [0.15, 0.2) is 0 Å². The average molecular weight is 225 g/mol. The quantitative estimate of drug-likeness (QED) is 0.318. The van der Waals surface area contributed by atoms with Gasteiger partial charge in [0.05, 0.1) is 13.1 Å². The molecule has 14 heavy (non-hydrogen) atoms. The first kappa shape index (κ1) is 20.3. The Morgan fingerprint density at radius 3 is 1.64 bits per heavy atom. The molecule has 8 heteroatoms. The zero-order valence-corrected chi connectivity index (χ0v) is 12.6. The van der Waals surface area contributed by atoms with E-state index in [9.17, 15) is 9.59 Å². The number of aliphatic hydroxyl groups is 1. The molecule has 3 N–H and O–H groups in total. The van der Waals surface area contributed by atoms with Gasteiger partial charge in [-0.05, 0) is 6.92 Å². The van der Waals surface area contributed by atoms with Gasteiger partial charge >= 0.3 is 71.1 Å². The van der Waals surface area contributed by atoms with Crippen molar-refractivity contribution in [3.8, 4) is 0 Å². The molecule has 0 aliphatic carbocycles. The molecule has 0 aliphatic rings. The van der Waals surface area contributed by atoms with Crippen molar-refractivity contribution in [2.24, 2.45) is 0 Å². The summed E-state index contributed by atoms with van der Waals surface area (Å²) >= 11 is 0. The maximum absolute atomic E-state index is 10.1. The molecule has 0 aromatic heterocycles. The second kappa shape index (κ2) is 10.4. The predicted octanol–water partition coefficient (Wildman–Crippen LogP) is -6.97. The van der Waals surface area contributed by atoms with Gasteiger partial charge in [-0.25, -0.2) is 0 Å². The van der Waals surface area contributed by atoms with Gasteiger partial charge in [0.2, 0.25) is 0 Å². The number of hydrogen-bond acceptors (Lipinski definition) is 4. The first-order valence-corrected chi connectivity index (χ1v) is 3.29. The Kier molecular flexibility index (Phi) is 15.0. The maximum Gasteiger partial charge on any atom is 1.00 e. The van der Waals surface area contributed by atoms with Gasteiger partial charge in [0.25, 0.3) is 0 Å². The molecule has 0 rings (SSSR count). The van der Waals surface area contributed by atoms with Crippen molar-refractivity contribution in [3.63, 3.8) is 0 Å². The average Bonchev–Trinajstić information content (AvgIpc) is 1.83. The van der Waals surface area contributed by atoms with Gasteiger partial charge in [-0.3, -0.25) is 14.5 Å². The van der Waals surface area contributed by atoms with Crippen LogP contribution in [-0.4, -0.2) is 51.5 Å². The number of carbonyl (C=O) groups is 2. The summed E-state index contributed by atoms with van der Waals surface area (Å²) in [5.74, 6) is -2.34. The molecule has 0 bridgehead atoms. The number of aliphatic hydroxyl groups excluding tert-OH is 1. The van der Waals surface area contributed by atoms with E-state index in [2.05, 4.69) is 0 Å². The van der Waals surface area contributed by atoms with Crippen molar-refractivity contribution >= 4 is 11.9 Å². The third-order valence-electron chi connectivity index (χ3n) is 1.21. The molecule has 0 aromatic carbocycles. The standard InChI is InChI=1S/C6H11NO5.2Na.2H/c1-4(8)7(2-5(9)10)3-6(11)12;;;;/h4,8H,2-3H2,1H3,(H,9,10)(H,11,12);;;;/q;2*+1;2*-1. The molecule has 0 aliphatic heterocycles. The van der Waals surface area contributed by atoms with Crippen LogP contribution in [0.5, 0.6) is 0 Å². The topological polar surface area (TPSA) is 98.1 Å². The van der Waals surface area contributed by atoms with E-state index in [0.29, 0.717) is 0 Å². The van der Waals surface area contributed by atoms with E-state index >= 15 is 0 Å². The molecule has 0 saturated carbocycles. The summed E-state index contributed by atoms with van der Waals surface area (Å²) in [5, 5.41) is 25.5. The Hall–Kier alpha value is 0.860. The summed E-state index contributed by atoms with van der Waals surface area (Å²) in [6.07, 6.45) is -1.07. The van der Waals surface area contributed by atoms with Crippen molar-refractivity contribution in [3.05, 3.63) is 0 Å². The molecule has 0 saturated heterocycles. The van der Waals surface area contributed by atoms with Crippen LogP contribution >= 0.6 is 0 Å². The molecule has 1 unspecified atom stereocenters. The Balaban J connectivity index is -0.000000101. The van der Waals surface area contributed by atoms with Crippen LogP contribution in [0.1, 0.15) is 9.78 Å². The van der Waals surface area contributed by atoms with Crippen molar-refractivity contribution in [1.82, 2.24) is 4.90 Å². The summed E-state index contributed by atoms with van der Waals surface area (Å²) in [4.78, 5) is 21.2. The SMILES string of the molecule is CC(O)N(CC(=O)O)CC(=O)O.[H-].[H-].[Na+].[Na+]. The van der Waals surface area contributed by atoms with Crippen molar-refractivity contribution in [1.29, 1.82) is 0 Å². The molecular weight excluding hydrogens is 212 g/mol. The van der Waals surface area contributed by atoms with E-state index in [0.717, 1.165) is 4.90 Å². The largest absolute Gasteiger partial charge is 1.00 e. The normalized spacial score (nSPS) is 11.1. The molecule has 74 valence electrons. The fourth-order valence-corrected chi connectivity index (χ4v) is 0.668. The van der Waals surface area contributed by atoms with Gasteiger partial charge in [0.1, 0.15) is 6.23 Å². The van der Waals surface area contributed by atoms with Gasteiger partial charge in [0.15, 0.2) is 0 Å². The smallest absolute Gasteiger partial charge is 1.00 e. The van der Waals surface area contributed by atoms with Crippen LogP contribution in [-0.2, 0) is 9.59 Å². The predicted molar refractivity (Wildman–Crippen MR) is 40.7 cm³/mol. The number of rotatable bonds is 5. The molecule has 6 nitrogen and oxygen atoms in total. The summed E-state index contributed by atoms with van der Waals surface area (Å²) in [5.41, 5.74) is 0. The second-order valence-electron chi connectivity index (χ2n) is 2.32. The third kappa shape index (κ3) is 10.9. The fourth-order valence-electron chi connectivity index (χ4n) is 0.668. The number of nitrogens with zero attached hydrogens (tertiary/aromatic N) is 1. The number of carboxylic acids is 2. The Bertz CT molecular complexity index is 180. The number of aliphatic carboxylic acids is 2. The van der Waals surface area contributed by atoms with Crippen LogP contribution in [0.3, 0.4) is 0 Å². The molecule has 1 atom stereocenters. The number of hydrogen-bond donors (Lipinski definition) is 3. The fraction of sp³-hybridized carbons (Fsp3) is 0.667. The van der Waals surface area contributed by atoms with Crippen molar-refractivity contribution < 1.29 is 86.9 Å². The zero-order valence-electron chi connectivity index (χ0n) is 10.6. The van der Waals surface area contributed by atoms with Crippen LogP contribution in [0.2, 0.25) is 0 Å².